The van der Waals surface area contributed by atoms with Gasteiger partial charge in [0.1, 0.15) is 0 Å². The predicted molar refractivity (Wildman–Crippen MR) is 78.6 cm³/mol. The van der Waals surface area contributed by atoms with E-state index in [0.29, 0.717) is 0 Å². The second-order valence-corrected chi connectivity index (χ2v) is 5.13. The number of aromatic nitrogens is 1. The lowest BCUT2D eigenvalue weighted by Crippen LogP contribution is -2.23. The monoisotopic (exact) mass is 304 g/mol. The van der Waals surface area contributed by atoms with Crippen molar-refractivity contribution >= 4 is 15.9 Å². The summed E-state index contributed by atoms with van der Waals surface area (Å²) >= 11 is 3.58. The van der Waals surface area contributed by atoms with Gasteiger partial charge in [-0.2, -0.15) is 0 Å². The number of benzene rings is 1. The molecule has 0 fully saturated rings. The van der Waals surface area contributed by atoms with Gasteiger partial charge in [0.2, 0.25) is 0 Å². The van der Waals surface area contributed by atoms with Crippen LogP contribution >= 0.6 is 15.9 Å². The Labute approximate surface area is 117 Å². The maximum Gasteiger partial charge on any atom is 0.0762 e. The number of rotatable bonds is 4. The van der Waals surface area contributed by atoms with E-state index >= 15 is 0 Å². The Kier molecular flexibility index (Phi) is 4.50. The van der Waals surface area contributed by atoms with Gasteiger partial charge in [-0.3, -0.25) is 4.98 Å². The van der Waals surface area contributed by atoms with Crippen LogP contribution in [-0.4, -0.2) is 11.5 Å². The Morgan fingerprint density at radius 1 is 1.28 bits per heavy atom. The minimum atomic E-state index is 0.130. The number of hydrogen-bond acceptors (Lipinski definition) is 2. The van der Waals surface area contributed by atoms with E-state index in [1.165, 1.54) is 11.1 Å². The number of halogens is 1. The quantitative estimate of drug-likeness (QED) is 0.928. The molecule has 1 aromatic carbocycles. The van der Waals surface area contributed by atoms with Crippen LogP contribution in [0.1, 0.15) is 29.8 Å². The molecule has 2 rings (SSSR count). The smallest absolute Gasteiger partial charge is 0.0762 e. The van der Waals surface area contributed by atoms with Crippen LogP contribution in [0.4, 0.5) is 0 Å². The molecule has 94 valence electrons. The average molecular weight is 305 g/mol. The summed E-state index contributed by atoms with van der Waals surface area (Å²) in [4.78, 5) is 4.49. The molecule has 0 saturated heterocycles. The normalized spacial score (nSPS) is 12.4. The zero-order valence-electron chi connectivity index (χ0n) is 10.7. The second kappa shape index (κ2) is 6.12. The molecule has 1 heterocycles. The molecule has 18 heavy (non-hydrogen) atoms. The van der Waals surface area contributed by atoms with E-state index in [4.69, 9.17) is 0 Å². The molecule has 0 aliphatic carbocycles. The maximum atomic E-state index is 4.49. The molecular formula is C15H17BrN2. The van der Waals surface area contributed by atoms with Crippen molar-refractivity contribution < 1.29 is 0 Å². The Morgan fingerprint density at radius 2 is 2.11 bits per heavy atom. The first-order valence-electron chi connectivity index (χ1n) is 6.12. The van der Waals surface area contributed by atoms with Crippen LogP contribution in [0.5, 0.6) is 0 Å². The van der Waals surface area contributed by atoms with E-state index in [2.05, 4.69) is 64.3 Å². The van der Waals surface area contributed by atoms with Gasteiger partial charge in [-0.05, 0) is 47.1 Å². The SMILES string of the molecule is CCNC(c1cccc(C)c1)c1ncccc1Br. The first kappa shape index (κ1) is 13.2. The van der Waals surface area contributed by atoms with Gasteiger partial charge in [0.15, 0.2) is 0 Å². The van der Waals surface area contributed by atoms with E-state index in [9.17, 15) is 0 Å². The van der Waals surface area contributed by atoms with Crippen molar-refractivity contribution in [1.29, 1.82) is 0 Å². The van der Waals surface area contributed by atoms with Gasteiger partial charge >= 0.3 is 0 Å². The van der Waals surface area contributed by atoms with E-state index in [0.717, 1.165) is 16.7 Å². The van der Waals surface area contributed by atoms with Gasteiger partial charge < -0.3 is 5.32 Å². The third-order valence-corrected chi connectivity index (χ3v) is 3.51. The lowest BCUT2D eigenvalue weighted by Gasteiger charge is -2.19. The highest BCUT2D eigenvalue weighted by Crippen LogP contribution is 2.26. The Balaban J connectivity index is 2.43. The van der Waals surface area contributed by atoms with Crippen LogP contribution in [0.3, 0.4) is 0 Å². The summed E-state index contributed by atoms with van der Waals surface area (Å²) in [5.74, 6) is 0. The Morgan fingerprint density at radius 3 is 2.78 bits per heavy atom. The van der Waals surface area contributed by atoms with Crippen LogP contribution in [0, 0.1) is 6.92 Å². The first-order chi connectivity index (χ1) is 8.72. The molecule has 0 amide bonds. The van der Waals surface area contributed by atoms with Crippen molar-refractivity contribution in [2.45, 2.75) is 19.9 Å². The molecule has 1 atom stereocenters. The molecule has 1 aromatic heterocycles. The molecule has 0 bridgehead atoms. The molecule has 0 spiro atoms. The fraction of sp³-hybridized carbons (Fsp3) is 0.267. The van der Waals surface area contributed by atoms with Crippen LogP contribution in [-0.2, 0) is 0 Å². The summed E-state index contributed by atoms with van der Waals surface area (Å²) in [6.07, 6.45) is 1.83. The minimum absolute atomic E-state index is 0.130. The highest BCUT2D eigenvalue weighted by molar-refractivity contribution is 9.10. The zero-order valence-corrected chi connectivity index (χ0v) is 12.2. The summed E-state index contributed by atoms with van der Waals surface area (Å²) < 4.78 is 1.04. The van der Waals surface area contributed by atoms with Crippen molar-refractivity contribution in [3.05, 3.63) is 63.9 Å². The second-order valence-electron chi connectivity index (χ2n) is 4.28. The Bertz CT molecular complexity index is 525. The third kappa shape index (κ3) is 2.98. The molecule has 3 heteroatoms. The van der Waals surface area contributed by atoms with E-state index in [1.54, 1.807) is 0 Å². The number of aryl methyl sites for hydroxylation is 1. The third-order valence-electron chi connectivity index (χ3n) is 2.84. The van der Waals surface area contributed by atoms with Crippen molar-refractivity contribution in [2.24, 2.45) is 0 Å². The first-order valence-corrected chi connectivity index (χ1v) is 6.92. The van der Waals surface area contributed by atoms with Crippen LogP contribution < -0.4 is 5.32 Å². The molecule has 0 radical (unpaired) electrons. The summed E-state index contributed by atoms with van der Waals surface area (Å²) in [5.41, 5.74) is 3.55. The van der Waals surface area contributed by atoms with E-state index < -0.39 is 0 Å². The standard InChI is InChI=1S/C15H17BrN2/c1-3-17-14(12-7-4-6-11(2)10-12)15-13(16)8-5-9-18-15/h4-10,14,17H,3H2,1-2H3. The lowest BCUT2D eigenvalue weighted by atomic mass is 10.0. The lowest BCUT2D eigenvalue weighted by molar-refractivity contribution is 0.612. The van der Waals surface area contributed by atoms with Gasteiger partial charge in [-0.15, -0.1) is 0 Å². The summed E-state index contributed by atoms with van der Waals surface area (Å²) in [7, 11) is 0. The highest BCUT2D eigenvalue weighted by Gasteiger charge is 2.16. The molecule has 2 aromatic rings. The number of pyridine rings is 1. The molecule has 1 N–H and O–H groups in total. The fourth-order valence-electron chi connectivity index (χ4n) is 2.04. The molecule has 0 aliphatic rings. The topological polar surface area (TPSA) is 24.9 Å². The summed E-state index contributed by atoms with van der Waals surface area (Å²) in [6, 6.07) is 12.6. The van der Waals surface area contributed by atoms with E-state index in [1.807, 2.05) is 18.3 Å². The molecule has 0 saturated carbocycles. The number of nitrogens with zero attached hydrogens (tertiary/aromatic N) is 1. The number of hydrogen-bond donors (Lipinski definition) is 1. The molecule has 1 unspecified atom stereocenters. The van der Waals surface area contributed by atoms with Gasteiger partial charge in [0.25, 0.3) is 0 Å². The maximum absolute atomic E-state index is 4.49. The zero-order chi connectivity index (χ0) is 13.0. The minimum Gasteiger partial charge on any atom is -0.305 e. The van der Waals surface area contributed by atoms with Crippen LogP contribution in [0.2, 0.25) is 0 Å². The van der Waals surface area contributed by atoms with Crippen molar-refractivity contribution in [3.8, 4) is 0 Å². The number of nitrogens with one attached hydrogen (secondary N) is 1. The van der Waals surface area contributed by atoms with Crippen LogP contribution in [0.15, 0.2) is 47.1 Å². The van der Waals surface area contributed by atoms with Gasteiger partial charge in [0.05, 0.1) is 11.7 Å². The fourth-order valence-corrected chi connectivity index (χ4v) is 2.52. The van der Waals surface area contributed by atoms with Gasteiger partial charge in [-0.1, -0.05) is 36.8 Å². The van der Waals surface area contributed by atoms with Crippen LogP contribution in [0.25, 0.3) is 0 Å². The summed E-state index contributed by atoms with van der Waals surface area (Å²) in [6.45, 7) is 5.13. The highest BCUT2D eigenvalue weighted by atomic mass is 79.9. The predicted octanol–water partition coefficient (Wildman–Crippen LogP) is 3.85. The van der Waals surface area contributed by atoms with Crippen molar-refractivity contribution in [1.82, 2.24) is 10.3 Å². The van der Waals surface area contributed by atoms with Crippen molar-refractivity contribution in [2.75, 3.05) is 6.54 Å². The van der Waals surface area contributed by atoms with Gasteiger partial charge in [0, 0.05) is 10.7 Å². The molecule has 0 aliphatic heterocycles. The van der Waals surface area contributed by atoms with Crippen molar-refractivity contribution in [3.63, 3.8) is 0 Å². The van der Waals surface area contributed by atoms with E-state index in [-0.39, 0.29) is 6.04 Å². The molecule has 2 nitrogen and oxygen atoms in total. The molecular weight excluding hydrogens is 288 g/mol. The summed E-state index contributed by atoms with van der Waals surface area (Å²) in [5, 5.41) is 3.49. The average Bonchev–Trinajstić information content (AvgIpc) is 2.37. The Hall–Kier alpha value is -1.19. The largest absolute Gasteiger partial charge is 0.305 e. The van der Waals surface area contributed by atoms with Gasteiger partial charge in [-0.25, -0.2) is 0 Å².